The van der Waals surface area contributed by atoms with Gasteiger partial charge in [0.15, 0.2) is 12.4 Å². The van der Waals surface area contributed by atoms with Gasteiger partial charge in [-0.05, 0) is 37.2 Å². The number of nitrogens with zero attached hydrogens (tertiary/aromatic N) is 1. The van der Waals surface area contributed by atoms with Crippen LogP contribution in [0.5, 0.6) is 0 Å². The zero-order valence-corrected chi connectivity index (χ0v) is 17.3. The molecule has 3 aliphatic rings. The molecule has 1 aliphatic heterocycles. The number of carbonyl (C=O) groups is 4. The normalized spacial score (nSPS) is 24.6. The average molecular weight is 411 g/mol. The Bertz CT molecular complexity index is 801. The van der Waals surface area contributed by atoms with Crippen molar-refractivity contribution in [3.63, 3.8) is 0 Å². The molecule has 0 unspecified atom stereocenters. The Balaban J connectivity index is 1.28. The summed E-state index contributed by atoms with van der Waals surface area (Å²) in [6.45, 7) is -0.788. The molecule has 0 bridgehead atoms. The summed E-state index contributed by atoms with van der Waals surface area (Å²) in [5.74, 6) is -1.56. The van der Waals surface area contributed by atoms with Gasteiger partial charge in [-0.3, -0.25) is 24.1 Å². The third kappa shape index (κ3) is 4.32. The molecule has 0 aromatic heterocycles. The van der Waals surface area contributed by atoms with Crippen LogP contribution < -0.4 is 0 Å². The van der Waals surface area contributed by atoms with Crippen LogP contribution in [0.4, 0.5) is 0 Å². The first kappa shape index (κ1) is 20.8. The second-order valence-electron chi connectivity index (χ2n) is 8.80. The van der Waals surface area contributed by atoms with E-state index in [9.17, 15) is 19.2 Å². The number of Topliss-reactive ketones (excluding diaryl/α,β-unsaturated/α-hetero) is 1. The van der Waals surface area contributed by atoms with Crippen LogP contribution in [0.3, 0.4) is 0 Å². The topological polar surface area (TPSA) is 80.8 Å². The number of hydrogen-bond donors (Lipinski definition) is 0. The molecule has 0 spiro atoms. The highest BCUT2D eigenvalue weighted by Crippen LogP contribution is 2.38. The summed E-state index contributed by atoms with van der Waals surface area (Å²) in [6.07, 6.45) is 9.48. The van der Waals surface area contributed by atoms with Gasteiger partial charge in [0.1, 0.15) is 6.54 Å². The third-order valence-electron chi connectivity index (χ3n) is 6.89. The molecule has 160 valence electrons. The van der Waals surface area contributed by atoms with Gasteiger partial charge in [-0.1, -0.05) is 56.4 Å². The zero-order chi connectivity index (χ0) is 21.1. The highest BCUT2D eigenvalue weighted by atomic mass is 16.5. The molecular weight excluding hydrogens is 382 g/mol. The van der Waals surface area contributed by atoms with Gasteiger partial charge in [0.25, 0.3) is 0 Å². The summed E-state index contributed by atoms with van der Waals surface area (Å²) in [6, 6.07) is 7.57. The largest absolute Gasteiger partial charge is 0.456 e. The highest BCUT2D eigenvalue weighted by molar-refractivity contribution is 6.07. The first-order valence-corrected chi connectivity index (χ1v) is 11.2. The number of rotatable bonds is 6. The first-order valence-electron chi connectivity index (χ1n) is 11.2. The van der Waals surface area contributed by atoms with Gasteiger partial charge in [-0.25, -0.2) is 0 Å². The lowest BCUT2D eigenvalue weighted by Gasteiger charge is -2.22. The van der Waals surface area contributed by atoms with Crippen molar-refractivity contribution in [3.05, 3.63) is 35.4 Å². The molecule has 30 heavy (non-hydrogen) atoms. The molecule has 2 saturated carbocycles. The molecule has 1 saturated heterocycles. The standard InChI is InChI=1S/C24H29NO5/c26-21(18-12-10-17(11-13-18)16-6-2-1-3-7-16)15-30-22(27)14-25-23(28)19-8-4-5-9-20(19)24(25)29/h10-13,16,19-20H,1-9,14-15H2/t19-,20+. The minimum Gasteiger partial charge on any atom is -0.456 e. The van der Waals surface area contributed by atoms with Gasteiger partial charge in [-0.15, -0.1) is 0 Å². The molecular formula is C24H29NO5. The van der Waals surface area contributed by atoms with Gasteiger partial charge in [0, 0.05) is 5.56 Å². The lowest BCUT2D eigenvalue weighted by molar-refractivity contribution is -0.152. The Morgan fingerprint density at radius 2 is 1.40 bits per heavy atom. The zero-order valence-electron chi connectivity index (χ0n) is 17.3. The lowest BCUT2D eigenvalue weighted by Crippen LogP contribution is -2.37. The fourth-order valence-electron chi connectivity index (χ4n) is 5.17. The quantitative estimate of drug-likeness (QED) is 0.406. The van der Waals surface area contributed by atoms with Crippen molar-refractivity contribution in [1.82, 2.24) is 4.90 Å². The van der Waals surface area contributed by atoms with Crippen molar-refractivity contribution in [2.45, 2.75) is 63.7 Å². The Morgan fingerprint density at radius 3 is 2.00 bits per heavy atom. The molecule has 0 N–H and O–H groups in total. The Kier molecular flexibility index (Phi) is 6.30. The molecule has 3 fully saturated rings. The van der Waals surface area contributed by atoms with Crippen LogP contribution in [0.1, 0.15) is 79.6 Å². The van der Waals surface area contributed by atoms with E-state index >= 15 is 0 Å². The number of benzene rings is 1. The van der Waals surface area contributed by atoms with E-state index in [0.717, 1.165) is 17.7 Å². The van der Waals surface area contributed by atoms with Gasteiger partial charge in [-0.2, -0.15) is 0 Å². The van der Waals surface area contributed by atoms with Crippen LogP contribution in [0.25, 0.3) is 0 Å². The first-order chi connectivity index (χ1) is 14.5. The van der Waals surface area contributed by atoms with Gasteiger partial charge >= 0.3 is 5.97 Å². The minimum atomic E-state index is -0.720. The SMILES string of the molecule is O=C(CN1C(=O)[C@H]2CCCC[C@H]2C1=O)OCC(=O)c1ccc(C2CCCCC2)cc1. The van der Waals surface area contributed by atoms with Crippen molar-refractivity contribution < 1.29 is 23.9 Å². The number of fused-ring (bicyclic) bond motifs is 1. The number of hydrogen-bond acceptors (Lipinski definition) is 5. The smallest absolute Gasteiger partial charge is 0.326 e. The molecule has 6 heteroatoms. The summed E-state index contributed by atoms with van der Waals surface area (Å²) < 4.78 is 5.08. The van der Waals surface area contributed by atoms with E-state index in [1.54, 1.807) is 12.1 Å². The number of ketones is 1. The van der Waals surface area contributed by atoms with Crippen LogP contribution in [0.2, 0.25) is 0 Å². The van der Waals surface area contributed by atoms with Crippen LogP contribution in [0.15, 0.2) is 24.3 Å². The third-order valence-corrected chi connectivity index (χ3v) is 6.89. The Labute approximate surface area is 177 Å². The number of amides is 2. The van der Waals surface area contributed by atoms with Gasteiger partial charge in [0.2, 0.25) is 11.8 Å². The van der Waals surface area contributed by atoms with Crippen molar-refractivity contribution in [2.24, 2.45) is 11.8 Å². The van der Waals surface area contributed by atoms with Crippen LogP contribution in [-0.2, 0) is 19.1 Å². The van der Waals surface area contributed by atoms with Crippen molar-refractivity contribution >= 4 is 23.6 Å². The second-order valence-corrected chi connectivity index (χ2v) is 8.80. The fraction of sp³-hybridized carbons (Fsp3) is 0.583. The maximum absolute atomic E-state index is 12.4. The number of imide groups is 1. The number of carbonyl (C=O) groups excluding carboxylic acids is 4. The van der Waals surface area contributed by atoms with Crippen LogP contribution >= 0.6 is 0 Å². The molecule has 0 radical (unpaired) electrons. The summed E-state index contributed by atoms with van der Waals surface area (Å²) >= 11 is 0. The van der Waals surface area contributed by atoms with E-state index in [0.29, 0.717) is 24.3 Å². The fourth-order valence-corrected chi connectivity index (χ4v) is 5.17. The van der Waals surface area contributed by atoms with E-state index in [2.05, 4.69) is 0 Å². The summed E-state index contributed by atoms with van der Waals surface area (Å²) in [4.78, 5) is 50.5. The van der Waals surface area contributed by atoms with E-state index in [4.69, 9.17) is 4.74 Å². The van der Waals surface area contributed by atoms with Crippen molar-refractivity contribution in [3.8, 4) is 0 Å². The van der Waals surface area contributed by atoms with E-state index in [1.165, 1.54) is 37.7 Å². The van der Waals surface area contributed by atoms with Gasteiger partial charge < -0.3 is 4.74 Å². The molecule has 4 rings (SSSR count). The maximum Gasteiger partial charge on any atom is 0.326 e. The number of likely N-dealkylation sites (tertiary alicyclic amines) is 1. The Hall–Kier alpha value is -2.50. The predicted molar refractivity (Wildman–Crippen MR) is 110 cm³/mol. The second kappa shape index (κ2) is 9.11. The van der Waals surface area contributed by atoms with Crippen LogP contribution in [0, 0.1) is 11.8 Å². The highest BCUT2D eigenvalue weighted by Gasteiger charge is 2.48. The molecule has 2 atom stereocenters. The summed E-state index contributed by atoms with van der Waals surface area (Å²) in [7, 11) is 0. The maximum atomic E-state index is 12.4. The Morgan fingerprint density at radius 1 is 0.833 bits per heavy atom. The van der Waals surface area contributed by atoms with Crippen molar-refractivity contribution in [2.75, 3.05) is 13.2 Å². The predicted octanol–water partition coefficient (Wildman–Crippen LogP) is 3.64. The van der Waals surface area contributed by atoms with E-state index < -0.39 is 12.5 Å². The van der Waals surface area contributed by atoms with Crippen LogP contribution in [-0.4, -0.2) is 41.6 Å². The average Bonchev–Trinajstić information content (AvgIpc) is 3.03. The molecule has 6 nitrogen and oxygen atoms in total. The molecule has 2 amide bonds. The van der Waals surface area contributed by atoms with E-state index in [-0.39, 0.29) is 36.0 Å². The number of esters is 1. The molecule has 1 heterocycles. The molecule has 1 aromatic rings. The molecule has 1 aromatic carbocycles. The van der Waals surface area contributed by atoms with E-state index in [1.807, 2.05) is 12.1 Å². The number of ether oxygens (including phenoxy) is 1. The van der Waals surface area contributed by atoms with Crippen molar-refractivity contribution in [1.29, 1.82) is 0 Å². The summed E-state index contributed by atoms with van der Waals surface area (Å²) in [5, 5.41) is 0. The minimum absolute atomic E-state index is 0.272. The lowest BCUT2D eigenvalue weighted by atomic mass is 9.81. The summed E-state index contributed by atoms with van der Waals surface area (Å²) in [5.41, 5.74) is 1.76. The van der Waals surface area contributed by atoms with Gasteiger partial charge in [0.05, 0.1) is 11.8 Å². The molecule has 2 aliphatic carbocycles. The monoisotopic (exact) mass is 411 g/mol.